The first-order valence-electron chi connectivity index (χ1n) is 8.23. The topological polar surface area (TPSA) is 58.4 Å². The van der Waals surface area contributed by atoms with Crippen LogP contribution in [0.25, 0.3) is 0 Å². The molecule has 1 amide bonds. The van der Waals surface area contributed by atoms with Crippen molar-refractivity contribution in [2.75, 3.05) is 31.1 Å². The summed E-state index contributed by atoms with van der Waals surface area (Å²) in [6.45, 7) is 5.97. The fourth-order valence-electron chi connectivity index (χ4n) is 3.17. The predicted molar refractivity (Wildman–Crippen MR) is 97.3 cm³/mol. The molecule has 1 aromatic carbocycles. The van der Waals surface area contributed by atoms with E-state index in [1.807, 2.05) is 24.3 Å². The van der Waals surface area contributed by atoms with Gasteiger partial charge in [-0.1, -0.05) is 11.6 Å². The molecule has 0 bridgehead atoms. The molecule has 132 valence electrons. The molecule has 6 nitrogen and oxygen atoms in total. The van der Waals surface area contributed by atoms with Gasteiger partial charge in [-0.05, 0) is 38.1 Å². The van der Waals surface area contributed by atoms with E-state index >= 15 is 0 Å². The van der Waals surface area contributed by atoms with Crippen molar-refractivity contribution >= 4 is 29.0 Å². The number of carbonyl (C=O) groups excluding carboxylic acids is 2. The van der Waals surface area contributed by atoms with Crippen LogP contribution in [-0.2, 0) is 11.8 Å². The molecule has 1 aliphatic heterocycles. The molecule has 2 aromatic rings. The number of amides is 1. The van der Waals surface area contributed by atoms with Crippen molar-refractivity contribution in [1.29, 1.82) is 0 Å². The van der Waals surface area contributed by atoms with Gasteiger partial charge in [-0.2, -0.15) is 5.10 Å². The number of hydrogen-bond acceptors (Lipinski definition) is 4. The quantitative estimate of drug-likeness (QED) is 0.622. The Morgan fingerprint density at radius 1 is 1.04 bits per heavy atom. The van der Waals surface area contributed by atoms with Crippen LogP contribution in [0.2, 0.25) is 5.02 Å². The van der Waals surface area contributed by atoms with E-state index in [1.165, 1.54) is 0 Å². The van der Waals surface area contributed by atoms with Gasteiger partial charge in [0.15, 0.2) is 0 Å². The summed E-state index contributed by atoms with van der Waals surface area (Å²) in [6.07, 6.45) is 0. The number of rotatable bonds is 3. The van der Waals surface area contributed by atoms with Gasteiger partial charge in [0.25, 0.3) is 11.7 Å². The number of hydrogen-bond donors (Lipinski definition) is 0. The number of benzene rings is 1. The van der Waals surface area contributed by atoms with Crippen LogP contribution in [0.1, 0.15) is 21.7 Å². The van der Waals surface area contributed by atoms with Gasteiger partial charge < -0.3 is 9.80 Å². The van der Waals surface area contributed by atoms with Crippen molar-refractivity contribution in [2.24, 2.45) is 7.05 Å². The van der Waals surface area contributed by atoms with Crippen molar-refractivity contribution in [1.82, 2.24) is 14.7 Å². The molecule has 0 saturated carbocycles. The summed E-state index contributed by atoms with van der Waals surface area (Å²) >= 11 is 5.92. The lowest BCUT2D eigenvalue weighted by Crippen LogP contribution is -2.50. The van der Waals surface area contributed by atoms with Gasteiger partial charge in [-0.15, -0.1) is 0 Å². The molecule has 25 heavy (non-hydrogen) atoms. The standard InChI is InChI=1S/C18H21ClN4O2/c1-12-16(13(2)21(3)20-12)17(24)18(25)23-10-8-22(9-11-23)15-6-4-14(19)5-7-15/h4-7H,8-11H2,1-3H3. The number of ketones is 1. The Labute approximate surface area is 152 Å². The van der Waals surface area contributed by atoms with E-state index in [2.05, 4.69) is 10.00 Å². The highest BCUT2D eigenvalue weighted by atomic mass is 35.5. The van der Waals surface area contributed by atoms with Gasteiger partial charge in [0.2, 0.25) is 0 Å². The fourth-order valence-corrected chi connectivity index (χ4v) is 3.30. The lowest BCUT2D eigenvalue weighted by Gasteiger charge is -2.35. The highest BCUT2D eigenvalue weighted by Gasteiger charge is 2.30. The molecule has 0 atom stereocenters. The molecule has 7 heteroatoms. The Morgan fingerprint density at radius 3 is 2.16 bits per heavy atom. The fraction of sp³-hybridized carbons (Fsp3) is 0.389. The zero-order valence-corrected chi connectivity index (χ0v) is 15.4. The summed E-state index contributed by atoms with van der Waals surface area (Å²) in [5.74, 6) is -0.919. The van der Waals surface area contributed by atoms with Crippen LogP contribution in [-0.4, -0.2) is 52.5 Å². The number of aromatic nitrogens is 2. The van der Waals surface area contributed by atoms with Crippen LogP contribution in [0, 0.1) is 13.8 Å². The third-order valence-corrected chi connectivity index (χ3v) is 4.94. The summed E-state index contributed by atoms with van der Waals surface area (Å²) in [6, 6.07) is 7.64. The summed E-state index contributed by atoms with van der Waals surface area (Å²) < 4.78 is 1.63. The highest BCUT2D eigenvalue weighted by Crippen LogP contribution is 2.20. The Hall–Kier alpha value is -2.34. The molecule has 0 N–H and O–H groups in total. The van der Waals surface area contributed by atoms with E-state index < -0.39 is 11.7 Å². The third kappa shape index (κ3) is 3.39. The minimum atomic E-state index is -0.469. The molecule has 1 aliphatic rings. The van der Waals surface area contributed by atoms with Crippen molar-refractivity contribution in [3.05, 3.63) is 46.2 Å². The SMILES string of the molecule is Cc1nn(C)c(C)c1C(=O)C(=O)N1CCN(c2ccc(Cl)cc2)CC1. The second-order valence-electron chi connectivity index (χ2n) is 6.25. The van der Waals surface area contributed by atoms with Crippen molar-refractivity contribution in [3.8, 4) is 0 Å². The molecule has 2 heterocycles. The van der Waals surface area contributed by atoms with E-state index in [0.717, 1.165) is 11.4 Å². The second kappa shape index (κ2) is 6.88. The number of nitrogens with zero attached hydrogens (tertiary/aromatic N) is 4. The first-order chi connectivity index (χ1) is 11.9. The lowest BCUT2D eigenvalue weighted by molar-refractivity contribution is -0.126. The smallest absolute Gasteiger partial charge is 0.295 e. The number of piperazine rings is 1. The summed E-state index contributed by atoms with van der Waals surface area (Å²) in [5, 5.41) is 4.92. The number of Topliss-reactive ketones (excluding diaryl/α,β-unsaturated/α-hetero) is 1. The van der Waals surface area contributed by atoms with Crippen molar-refractivity contribution in [3.63, 3.8) is 0 Å². The number of halogens is 1. The Morgan fingerprint density at radius 2 is 1.64 bits per heavy atom. The average Bonchev–Trinajstić information content (AvgIpc) is 2.87. The first kappa shape index (κ1) is 17.5. The van der Waals surface area contributed by atoms with E-state index in [1.54, 1.807) is 30.5 Å². The van der Waals surface area contributed by atoms with Gasteiger partial charge in [-0.3, -0.25) is 14.3 Å². The average molecular weight is 361 g/mol. The predicted octanol–water partition coefficient (Wildman–Crippen LogP) is 2.22. The van der Waals surface area contributed by atoms with Gasteiger partial charge >= 0.3 is 0 Å². The maximum absolute atomic E-state index is 12.6. The minimum absolute atomic E-state index is 0.424. The van der Waals surface area contributed by atoms with Gasteiger partial charge in [0.1, 0.15) is 0 Å². The van der Waals surface area contributed by atoms with Crippen LogP contribution in [0.5, 0.6) is 0 Å². The molecular weight excluding hydrogens is 340 g/mol. The molecule has 0 unspecified atom stereocenters. The van der Waals surface area contributed by atoms with Crippen molar-refractivity contribution in [2.45, 2.75) is 13.8 Å². The number of aryl methyl sites for hydroxylation is 2. The molecule has 1 fully saturated rings. The molecule has 1 saturated heterocycles. The van der Waals surface area contributed by atoms with Crippen LogP contribution >= 0.6 is 11.6 Å². The Bertz CT molecular complexity index is 805. The maximum atomic E-state index is 12.6. The third-order valence-electron chi connectivity index (χ3n) is 4.69. The zero-order chi connectivity index (χ0) is 18.1. The molecular formula is C18H21ClN4O2. The normalized spacial score (nSPS) is 14.7. The van der Waals surface area contributed by atoms with Gasteiger partial charge in [0.05, 0.1) is 11.3 Å². The van der Waals surface area contributed by atoms with E-state index in [-0.39, 0.29) is 0 Å². The zero-order valence-electron chi connectivity index (χ0n) is 14.6. The molecule has 1 aromatic heterocycles. The van der Waals surface area contributed by atoms with E-state index in [9.17, 15) is 9.59 Å². The number of anilines is 1. The van der Waals surface area contributed by atoms with Crippen LogP contribution in [0.15, 0.2) is 24.3 Å². The van der Waals surface area contributed by atoms with Crippen LogP contribution in [0.4, 0.5) is 5.69 Å². The minimum Gasteiger partial charge on any atom is -0.368 e. The maximum Gasteiger partial charge on any atom is 0.295 e. The molecule has 3 rings (SSSR count). The Balaban J connectivity index is 1.67. The molecule has 0 aliphatic carbocycles. The monoisotopic (exact) mass is 360 g/mol. The first-order valence-corrected chi connectivity index (χ1v) is 8.60. The summed E-state index contributed by atoms with van der Waals surface area (Å²) in [5.41, 5.74) is 2.81. The van der Waals surface area contributed by atoms with E-state index in [0.29, 0.717) is 42.5 Å². The lowest BCUT2D eigenvalue weighted by atomic mass is 10.1. The van der Waals surface area contributed by atoms with Crippen molar-refractivity contribution < 1.29 is 9.59 Å². The van der Waals surface area contributed by atoms with Gasteiger partial charge in [0, 0.05) is 49.6 Å². The van der Waals surface area contributed by atoms with E-state index in [4.69, 9.17) is 11.6 Å². The largest absolute Gasteiger partial charge is 0.368 e. The second-order valence-corrected chi connectivity index (χ2v) is 6.69. The summed E-state index contributed by atoms with van der Waals surface area (Å²) in [7, 11) is 1.77. The number of carbonyl (C=O) groups is 2. The Kier molecular flexibility index (Phi) is 4.81. The highest BCUT2D eigenvalue weighted by molar-refractivity contribution is 6.43. The molecule has 0 spiro atoms. The van der Waals surface area contributed by atoms with Gasteiger partial charge in [-0.25, -0.2) is 0 Å². The summed E-state index contributed by atoms with van der Waals surface area (Å²) in [4.78, 5) is 29.0. The van der Waals surface area contributed by atoms with Crippen LogP contribution < -0.4 is 4.90 Å². The molecule has 0 radical (unpaired) electrons. The van der Waals surface area contributed by atoms with Crippen LogP contribution in [0.3, 0.4) is 0 Å².